The number of isothiocyanates is 1. The molecule has 0 unspecified atom stereocenters. The van der Waals surface area contributed by atoms with Gasteiger partial charge in [-0.3, -0.25) is 20.1 Å². The van der Waals surface area contributed by atoms with Crippen LogP contribution in [-0.4, -0.2) is 46.3 Å². The number of carboxylic acids is 1. The first-order chi connectivity index (χ1) is 25.9. The number of hydrogen-bond donors (Lipinski definition) is 1. The van der Waals surface area contributed by atoms with E-state index in [0.717, 1.165) is 23.5 Å². The minimum Gasteiger partial charge on any atom is -0.753 e. The molecule has 0 aromatic carbocycles. The van der Waals surface area contributed by atoms with E-state index >= 15 is 0 Å². The molecular formula is C41H44N8O2OsS2. The van der Waals surface area contributed by atoms with Crippen molar-refractivity contribution in [2.75, 3.05) is 0 Å². The van der Waals surface area contributed by atoms with Crippen LogP contribution in [0.5, 0.6) is 0 Å². The number of pyridine rings is 4. The zero-order chi connectivity index (χ0) is 37.8. The van der Waals surface area contributed by atoms with Gasteiger partial charge in [0.1, 0.15) is 0 Å². The van der Waals surface area contributed by atoms with Crippen molar-refractivity contribution in [2.45, 2.75) is 85.0 Å². The van der Waals surface area contributed by atoms with E-state index in [-0.39, 0.29) is 25.4 Å². The summed E-state index contributed by atoms with van der Waals surface area (Å²) in [5.74, 6) is 0.319. The second-order valence-corrected chi connectivity index (χ2v) is 13.6. The summed E-state index contributed by atoms with van der Waals surface area (Å²) in [6.45, 7) is 6.40. The number of carbonyl (C=O) groups is 1. The molecule has 6 aromatic rings. The van der Waals surface area contributed by atoms with Crippen molar-refractivity contribution < 1.29 is 29.7 Å². The maximum atomic E-state index is 11.0. The van der Waals surface area contributed by atoms with Crippen LogP contribution in [0.4, 0.5) is 0 Å². The molecule has 0 spiro atoms. The van der Waals surface area contributed by atoms with Crippen molar-refractivity contribution in [3.63, 3.8) is 0 Å². The molecule has 0 amide bonds. The number of aromatic nitrogens is 7. The molecule has 0 aliphatic rings. The van der Waals surface area contributed by atoms with Crippen LogP contribution in [0.15, 0.2) is 85.3 Å². The molecule has 0 atom stereocenters. The third-order valence-electron chi connectivity index (χ3n) is 8.19. The Morgan fingerprint density at radius 1 is 0.778 bits per heavy atom. The minimum atomic E-state index is -0.987. The SMILES string of the molecule is CCCCCCc1cc(CCCCCC)c(-c2ccnc(-c3nc(C)n[n-]3)c2)s1.O=C(O)c1ccnc(-c2cccc(-c3ccccn3)n2)c1.[N-]=C=S.[Os+2]. The third kappa shape index (κ3) is 13.6. The van der Waals surface area contributed by atoms with Gasteiger partial charge in [-0.25, -0.2) is 9.78 Å². The van der Waals surface area contributed by atoms with Crippen molar-refractivity contribution in [2.24, 2.45) is 0 Å². The number of aryl methyl sites for hydroxylation is 3. The predicted octanol–water partition coefficient (Wildman–Crippen LogP) is 10.3. The number of unbranched alkanes of at least 4 members (excludes halogenated alkanes) is 6. The summed E-state index contributed by atoms with van der Waals surface area (Å²) in [6.07, 6.45) is 17.8. The summed E-state index contributed by atoms with van der Waals surface area (Å²) in [4.78, 5) is 35.7. The topological polar surface area (TPSA) is 151 Å². The Morgan fingerprint density at radius 3 is 2.07 bits per heavy atom. The molecule has 0 aliphatic carbocycles. The number of aromatic carboxylic acids is 1. The average molecular weight is 935 g/mol. The molecule has 54 heavy (non-hydrogen) atoms. The maximum absolute atomic E-state index is 11.0. The van der Waals surface area contributed by atoms with Crippen molar-refractivity contribution in [3.05, 3.63) is 113 Å². The fourth-order valence-electron chi connectivity index (χ4n) is 5.57. The summed E-state index contributed by atoms with van der Waals surface area (Å²) in [7, 11) is 0. The Labute approximate surface area is 340 Å². The van der Waals surface area contributed by atoms with E-state index in [1.54, 1.807) is 12.3 Å². The largest absolute Gasteiger partial charge is 2.00 e. The first-order valence-electron chi connectivity index (χ1n) is 17.9. The van der Waals surface area contributed by atoms with E-state index in [1.165, 1.54) is 102 Å². The van der Waals surface area contributed by atoms with Gasteiger partial charge in [0.25, 0.3) is 0 Å². The van der Waals surface area contributed by atoms with Gasteiger partial charge in [-0.05, 0) is 104 Å². The molecule has 6 aromatic heterocycles. The van der Waals surface area contributed by atoms with Gasteiger partial charge in [-0.15, -0.1) is 11.3 Å². The van der Waals surface area contributed by atoms with Crippen molar-refractivity contribution in [1.82, 2.24) is 35.1 Å². The number of carboxylic acid groups (broad SMARTS) is 1. The molecular weight excluding hydrogens is 891 g/mol. The number of thiophene rings is 1. The van der Waals surface area contributed by atoms with Crippen LogP contribution in [0.25, 0.3) is 50.1 Å². The minimum absolute atomic E-state index is 0. The van der Waals surface area contributed by atoms with Gasteiger partial charge in [0.2, 0.25) is 0 Å². The molecule has 1 N–H and O–H groups in total. The quantitative estimate of drug-likeness (QED) is 0.0599. The molecule has 6 heterocycles. The first kappa shape index (κ1) is 43.7. The van der Waals surface area contributed by atoms with Crippen LogP contribution >= 0.6 is 23.6 Å². The molecule has 0 saturated carbocycles. The Morgan fingerprint density at radius 2 is 1.43 bits per heavy atom. The van der Waals surface area contributed by atoms with Crippen LogP contribution in [0.1, 0.15) is 91.8 Å². The summed E-state index contributed by atoms with van der Waals surface area (Å²) >= 11 is 5.66. The number of rotatable bonds is 15. The number of hydrogen-bond acceptors (Lipinski definition) is 9. The van der Waals surface area contributed by atoms with E-state index in [2.05, 4.69) is 79.4 Å². The van der Waals surface area contributed by atoms with Crippen LogP contribution in [0.3, 0.4) is 0 Å². The third-order valence-corrected chi connectivity index (χ3v) is 9.48. The van der Waals surface area contributed by atoms with E-state index in [4.69, 9.17) is 10.5 Å². The smallest absolute Gasteiger partial charge is 0.753 e. The molecule has 0 aliphatic heterocycles. The molecule has 0 fully saturated rings. The Kier molecular flexibility index (Phi) is 19.4. The fourth-order valence-corrected chi connectivity index (χ4v) is 6.81. The van der Waals surface area contributed by atoms with Crippen LogP contribution in [-0.2, 0) is 32.6 Å². The Bertz CT molecular complexity index is 2060. The molecule has 10 nitrogen and oxygen atoms in total. The van der Waals surface area contributed by atoms with Crippen LogP contribution in [0, 0.1) is 6.92 Å². The van der Waals surface area contributed by atoms with E-state index < -0.39 is 5.97 Å². The molecule has 280 valence electrons. The first-order valence-corrected chi connectivity index (χ1v) is 19.1. The second kappa shape index (κ2) is 23.9. The molecule has 0 radical (unpaired) electrons. The molecule has 0 bridgehead atoms. The molecule has 6 rings (SSSR count). The van der Waals surface area contributed by atoms with Gasteiger partial charge >= 0.3 is 25.8 Å². The summed E-state index contributed by atoms with van der Waals surface area (Å²) in [5.41, 5.74) is 6.32. The monoisotopic (exact) mass is 936 g/mol. The van der Waals surface area contributed by atoms with Gasteiger partial charge in [0.05, 0.1) is 34.0 Å². The summed E-state index contributed by atoms with van der Waals surface area (Å²) in [6, 6.07) is 20.8. The van der Waals surface area contributed by atoms with Gasteiger partial charge in [-0.1, -0.05) is 76.7 Å². The zero-order valence-corrected chi connectivity index (χ0v) is 34.9. The van der Waals surface area contributed by atoms with Crippen LogP contribution < -0.4 is 5.10 Å². The van der Waals surface area contributed by atoms with Crippen LogP contribution in [0.2, 0.25) is 0 Å². The van der Waals surface area contributed by atoms with Gasteiger partial charge in [0, 0.05) is 34.2 Å². The van der Waals surface area contributed by atoms with Crippen molar-refractivity contribution in [3.8, 4) is 44.7 Å². The predicted molar refractivity (Wildman–Crippen MR) is 216 cm³/mol. The fraction of sp³-hybridized carbons (Fsp3) is 0.317. The maximum Gasteiger partial charge on any atom is 2.00 e. The van der Waals surface area contributed by atoms with E-state index in [0.29, 0.717) is 23.0 Å². The van der Waals surface area contributed by atoms with Crippen molar-refractivity contribution >= 4 is 34.7 Å². The van der Waals surface area contributed by atoms with E-state index in [9.17, 15) is 4.79 Å². The average Bonchev–Trinajstić information content (AvgIpc) is 3.82. The second-order valence-electron chi connectivity index (χ2n) is 12.3. The summed E-state index contributed by atoms with van der Waals surface area (Å²) < 4.78 is 0. The van der Waals surface area contributed by atoms with Gasteiger partial charge < -0.3 is 20.6 Å². The van der Waals surface area contributed by atoms with Gasteiger partial charge in [0.15, 0.2) is 0 Å². The summed E-state index contributed by atoms with van der Waals surface area (Å²) in [5, 5.41) is 25.7. The number of nitrogens with zero attached hydrogens (tertiary/aromatic N) is 8. The molecule has 0 saturated heterocycles. The zero-order valence-electron chi connectivity index (χ0n) is 30.8. The normalized spacial score (nSPS) is 10.2. The Hall–Kier alpha value is -4.65. The van der Waals surface area contributed by atoms with Crippen molar-refractivity contribution in [1.29, 1.82) is 0 Å². The van der Waals surface area contributed by atoms with E-state index in [1.807, 2.05) is 54.8 Å². The molecule has 13 heteroatoms. The number of thiocarbonyl (C=S) groups is 1. The van der Waals surface area contributed by atoms with Gasteiger partial charge in [-0.2, -0.15) is 5.16 Å². The Balaban J connectivity index is 0.000000277. The standard InChI is InChI=1S/C24H33N4S.C16H11N3O2.CNS.Os/c1-4-6-8-10-12-19-16-21(13-11-9-7-5-2)29-23(19)20-14-15-25-22(17-20)24-26-18(3)27-28-24;20-16(21)11-7-9-18-15(10-11)14-6-3-5-13(19-14)12-4-1-2-8-17-12;2-1-3;/h14-17H,4-13H2,1-3H3;1-10H,(H,20,21);;/q-1;;-1;+2.